The fourth-order valence-corrected chi connectivity index (χ4v) is 4.18. The van der Waals surface area contributed by atoms with Gasteiger partial charge in [0.2, 0.25) is 11.4 Å². The highest BCUT2D eigenvalue weighted by Gasteiger charge is 2.27. The average molecular weight is 353 g/mol. The van der Waals surface area contributed by atoms with Crippen LogP contribution in [0.1, 0.15) is 38.5 Å². The first-order valence-corrected chi connectivity index (χ1v) is 9.73. The number of ether oxygens (including phenoxy) is 1. The van der Waals surface area contributed by atoms with E-state index in [1.54, 1.807) is 17.7 Å². The summed E-state index contributed by atoms with van der Waals surface area (Å²) in [6.07, 6.45) is 11.6. The highest BCUT2D eigenvalue weighted by Crippen LogP contribution is 2.27. The van der Waals surface area contributed by atoms with Crippen molar-refractivity contribution in [1.29, 1.82) is 0 Å². The molecule has 0 bridgehead atoms. The van der Waals surface area contributed by atoms with E-state index in [1.807, 2.05) is 30.6 Å². The van der Waals surface area contributed by atoms with Gasteiger partial charge in [-0.3, -0.25) is 4.79 Å². The second-order valence-electron chi connectivity index (χ2n) is 7.54. The molecule has 0 aromatic carbocycles. The number of hydrogen-bond acceptors (Lipinski definition) is 4. The van der Waals surface area contributed by atoms with Crippen molar-refractivity contribution in [3.8, 4) is 17.0 Å². The maximum Gasteiger partial charge on any atom is 0.250 e. The van der Waals surface area contributed by atoms with Crippen LogP contribution in [0.2, 0.25) is 0 Å². The van der Waals surface area contributed by atoms with Gasteiger partial charge in [0.15, 0.2) is 0 Å². The van der Waals surface area contributed by atoms with Gasteiger partial charge in [-0.15, -0.1) is 0 Å². The van der Waals surface area contributed by atoms with E-state index in [9.17, 15) is 4.79 Å². The van der Waals surface area contributed by atoms with Crippen LogP contribution in [0.25, 0.3) is 11.1 Å². The molecular weight excluding hydrogens is 326 g/mol. The van der Waals surface area contributed by atoms with Crippen LogP contribution in [0.15, 0.2) is 41.5 Å². The first-order chi connectivity index (χ1) is 12.7. The number of aryl methyl sites for hydroxylation is 1. The van der Waals surface area contributed by atoms with Gasteiger partial charge in [0.05, 0.1) is 0 Å². The van der Waals surface area contributed by atoms with E-state index in [4.69, 9.17) is 4.74 Å². The second-order valence-corrected chi connectivity index (χ2v) is 7.54. The van der Waals surface area contributed by atoms with Gasteiger partial charge in [-0.2, -0.15) is 0 Å². The molecule has 0 radical (unpaired) electrons. The van der Waals surface area contributed by atoms with Crippen molar-refractivity contribution in [2.45, 2.75) is 50.7 Å². The Bertz CT molecular complexity index is 786. The second kappa shape index (κ2) is 7.62. The third-order valence-electron chi connectivity index (χ3n) is 5.76. The number of aromatic nitrogens is 2. The molecule has 1 aliphatic carbocycles. The molecule has 3 heterocycles. The van der Waals surface area contributed by atoms with E-state index in [1.165, 1.54) is 25.7 Å². The zero-order valence-corrected chi connectivity index (χ0v) is 15.4. The number of nitrogens with zero attached hydrogens (tertiary/aromatic N) is 3. The molecule has 2 fully saturated rings. The summed E-state index contributed by atoms with van der Waals surface area (Å²) in [5.41, 5.74) is 1.96. The molecule has 1 saturated carbocycles. The van der Waals surface area contributed by atoms with Crippen LogP contribution >= 0.6 is 0 Å². The summed E-state index contributed by atoms with van der Waals surface area (Å²) in [4.78, 5) is 18.6. The van der Waals surface area contributed by atoms with Gasteiger partial charge in [0.1, 0.15) is 6.10 Å². The van der Waals surface area contributed by atoms with Gasteiger partial charge in [-0.05, 0) is 43.4 Å². The molecule has 138 valence electrons. The molecule has 0 spiro atoms. The zero-order chi connectivity index (χ0) is 17.9. The molecule has 0 N–H and O–H groups in total. The minimum atomic E-state index is -0.00870. The molecule has 0 unspecified atom stereocenters. The topological polar surface area (TPSA) is 47.4 Å². The normalized spacial score (nSPS) is 19.7. The van der Waals surface area contributed by atoms with Gasteiger partial charge in [-0.25, -0.2) is 4.98 Å². The van der Waals surface area contributed by atoms with E-state index in [-0.39, 0.29) is 11.7 Å². The molecule has 0 atom stereocenters. The van der Waals surface area contributed by atoms with Crippen LogP contribution in [0, 0.1) is 0 Å². The average Bonchev–Trinajstić information content (AvgIpc) is 3.20. The first-order valence-electron chi connectivity index (χ1n) is 9.73. The summed E-state index contributed by atoms with van der Waals surface area (Å²) >= 11 is 0. The van der Waals surface area contributed by atoms with E-state index < -0.39 is 0 Å². The number of rotatable bonds is 4. The molecule has 5 heteroatoms. The summed E-state index contributed by atoms with van der Waals surface area (Å²) in [5, 5.41) is 0. The van der Waals surface area contributed by atoms with Crippen LogP contribution in [0.4, 0.5) is 0 Å². The summed E-state index contributed by atoms with van der Waals surface area (Å²) in [7, 11) is 1.76. The van der Waals surface area contributed by atoms with Crippen LogP contribution in [-0.4, -0.2) is 39.7 Å². The van der Waals surface area contributed by atoms with Gasteiger partial charge < -0.3 is 14.2 Å². The standard InChI is InChI=1S/C21H27N3O2/c1-23-15-17(7-9-21(23)25)16-6-8-20(22-14-16)26-19-10-12-24(13-11-19)18-4-2-3-5-18/h6-9,14-15,18-19H,2-5,10-13H2,1H3. The lowest BCUT2D eigenvalue weighted by molar-refractivity contribution is 0.0741. The maximum absolute atomic E-state index is 11.5. The largest absolute Gasteiger partial charge is 0.474 e. The van der Waals surface area contributed by atoms with Crippen molar-refractivity contribution in [3.05, 3.63) is 47.0 Å². The smallest absolute Gasteiger partial charge is 0.250 e. The summed E-state index contributed by atoms with van der Waals surface area (Å²) in [5.74, 6) is 0.692. The predicted molar refractivity (Wildman–Crippen MR) is 102 cm³/mol. The zero-order valence-electron chi connectivity index (χ0n) is 15.4. The Morgan fingerprint density at radius 3 is 2.38 bits per heavy atom. The fraction of sp³-hybridized carbons (Fsp3) is 0.524. The Labute approximate surface area is 154 Å². The number of piperidine rings is 1. The van der Waals surface area contributed by atoms with Crippen LogP contribution in [0.3, 0.4) is 0 Å². The van der Waals surface area contributed by atoms with Crippen molar-refractivity contribution in [2.75, 3.05) is 13.1 Å². The SMILES string of the molecule is Cn1cc(-c2ccc(OC3CCN(C4CCCC4)CC3)nc2)ccc1=O. The molecular formula is C21H27N3O2. The van der Waals surface area contributed by atoms with Crippen molar-refractivity contribution in [1.82, 2.24) is 14.5 Å². The molecule has 2 aromatic rings. The third kappa shape index (κ3) is 3.83. The van der Waals surface area contributed by atoms with Crippen molar-refractivity contribution >= 4 is 0 Å². The Morgan fingerprint density at radius 1 is 1.00 bits per heavy atom. The lowest BCUT2D eigenvalue weighted by Gasteiger charge is -2.35. The van der Waals surface area contributed by atoms with Gasteiger partial charge in [0, 0.05) is 56.3 Å². The predicted octanol–water partition coefficient (Wildman–Crippen LogP) is 3.23. The van der Waals surface area contributed by atoms with Crippen molar-refractivity contribution in [3.63, 3.8) is 0 Å². The van der Waals surface area contributed by atoms with E-state index in [2.05, 4.69) is 9.88 Å². The molecule has 1 aliphatic heterocycles. The quantitative estimate of drug-likeness (QED) is 0.847. The van der Waals surface area contributed by atoms with Gasteiger partial charge in [-0.1, -0.05) is 12.8 Å². The Morgan fingerprint density at radius 2 is 1.73 bits per heavy atom. The lowest BCUT2D eigenvalue weighted by Crippen LogP contribution is -2.43. The monoisotopic (exact) mass is 353 g/mol. The summed E-state index contributed by atoms with van der Waals surface area (Å²) < 4.78 is 7.69. The van der Waals surface area contributed by atoms with Crippen LogP contribution < -0.4 is 10.3 Å². The molecule has 1 saturated heterocycles. The fourth-order valence-electron chi connectivity index (χ4n) is 4.18. The Hall–Kier alpha value is -2.14. The minimum absolute atomic E-state index is 0.00870. The lowest BCUT2D eigenvalue weighted by atomic mass is 10.0. The molecule has 0 amide bonds. The van der Waals surface area contributed by atoms with Crippen molar-refractivity contribution in [2.24, 2.45) is 7.05 Å². The number of hydrogen-bond donors (Lipinski definition) is 0. The van der Waals surface area contributed by atoms with E-state index in [0.29, 0.717) is 5.88 Å². The minimum Gasteiger partial charge on any atom is -0.474 e. The first kappa shape index (κ1) is 17.3. The van der Waals surface area contributed by atoms with Crippen LogP contribution in [-0.2, 0) is 7.05 Å². The van der Waals surface area contributed by atoms with E-state index in [0.717, 1.165) is 43.1 Å². The third-order valence-corrected chi connectivity index (χ3v) is 5.76. The molecule has 2 aromatic heterocycles. The molecule has 5 nitrogen and oxygen atoms in total. The molecule has 2 aliphatic rings. The summed E-state index contributed by atoms with van der Waals surface area (Å²) in [6.45, 7) is 2.29. The maximum atomic E-state index is 11.5. The van der Waals surface area contributed by atoms with Gasteiger partial charge in [0.25, 0.3) is 0 Å². The Kier molecular flexibility index (Phi) is 5.07. The van der Waals surface area contributed by atoms with E-state index >= 15 is 0 Å². The van der Waals surface area contributed by atoms with Crippen molar-refractivity contribution < 1.29 is 4.74 Å². The number of likely N-dealkylation sites (tertiary alicyclic amines) is 1. The molecule has 4 rings (SSSR count). The van der Waals surface area contributed by atoms with Crippen LogP contribution in [0.5, 0.6) is 5.88 Å². The highest BCUT2D eigenvalue weighted by atomic mass is 16.5. The highest BCUT2D eigenvalue weighted by molar-refractivity contribution is 5.61. The number of pyridine rings is 2. The molecule has 26 heavy (non-hydrogen) atoms. The summed E-state index contributed by atoms with van der Waals surface area (Å²) in [6, 6.07) is 8.17. The van der Waals surface area contributed by atoms with Gasteiger partial charge >= 0.3 is 0 Å². The Balaban J connectivity index is 1.34.